The zero-order valence-electron chi connectivity index (χ0n) is 17.6. The number of unbranched alkanes of at least 4 members (excludes halogenated alkanes) is 4. The molecule has 1 rings (SSSR count). The van der Waals surface area contributed by atoms with Crippen LogP contribution < -0.4 is 5.73 Å². The number of carbonyl (C=O) groups excluding carboxylic acids is 2. The number of ketones is 1. The van der Waals surface area contributed by atoms with E-state index in [0.29, 0.717) is 18.6 Å². The third-order valence-corrected chi connectivity index (χ3v) is 5.10. The number of hydrogen-bond donors (Lipinski definition) is 2. The lowest BCUT2D eigenvalue weighted by Crippen LogP contribution is -2.15. The summed E-state index contributed by atoms with van der Waals surface area (Å²) in [5.74, 6) is -0.397. The van der Waals surface area contributed by atoms with Crippen molar-refractivity contribution in [2.75, 3.05) is 13.2 Å². The van der Waals surface area contributed by atoms with Gasteiger partial charge in [0, 0.05) is 6.42 Å². The molecule has 0 spiro atoms. The second-order valence-corrected chi connectivity index (χ2v) is 8.10. The van der Waals surface area contributed by atoms with Gasteiger partial charge < -0.3 is 10.5 Å². The molecule has 0 fully saturated rings. The predicted molar refractivity (Wildman–Crippen MR) is 113 cm³/mol. The Labute approximate surface area is 174 Å². The topological polar surface area (TPSA) is 124 Å². The van der Waals surface area contributed by atoms with Crippen LogP contribution in [0.2, 0.25) is 0 Å². The highest BCUT2D eigenvalue weighted by Gasteiger charge is 2.13. The zero-order valence-corrected chi connectivity index (χ0v) is 18.4. The van der Waals surface area contributed by atoms with Gasteiger partial charge in [-0.3, -0.25) is 14.1 Å². The predicted octanol–water partition coefficient (Wildman–Crippen LogP) is 3.69. The first-order chi connectivity index (χ1) is 13.8. The summed E-state index contributed by atoms with van der Waals surface area (Å²) in [6, 6.07) is 6.55. The normalized spacial score (nSPS) is 10.8. The van der Waals surface area contributed by atoms with Crippen LogP contribution >= 0.6 is 0 Å². The third-order valence-electron chi connectivity index (χ3n) is 4.15. The van der Waals surface area contributed by atoms with E-state index in [1.807, 2.05) is 6.92 Å². The van der Waals surface area contributed by atoms with Gasteiger partial charge >= 0.3 is 5.97 Å². The highest BCUT2D eigenvalue weighted by atomic mass is 32.2. The minimum Gasteiger partial charge on any atom is -0.466 e. The van der Waals surface area contributed by atoms with Gasteiger partial charge in [-0.15, -0.1) is 0 Å². The van der Waals surface area contributed by atoms with E-state index in [1.54, 1.807) is 18.2 Å². The Hall–Kier alpha value is -1.77. The fraction of sp³-hybridized carbons (Fsp3) is 0.619. The molecule has 0 aliphatic rings. The van der Waals surface area contributed by atoms with Crippen LogP contribution in [0.15, 0.2) is 29.2 Å². The molecule has 0 aliphatic carbocycles. The van der Waals surface area contributed by atoms with Crippen LogP contribution in [0.25, 0.3) is 0 Å². The number of benzene rings is 1. The number of carbonyl (C=O) groups is 2. The molecule has 0 amide bonds. The maximum atomic E-state index is 11.1. The summed E-state index contributed by atoms with van der Waals surface area (Å²) in [4.78, 5) is 21.9. The standard InChI is InChI=1S/C11H21NO3.C10H14O3S/c1-2-3-4-5-8-15-11(14)7-6-10(13)9-12;1-2-3-6-9-7-4-5-8-10(9)14(11,12)13/h2-9,12H2,1H3;4-5,7-8H,2-3,6H2,1H3,(H,11,12,13). The Morgan fingerprint density at radius 3 is 2.24 bits per heavy atom. The summed E-state index contributed by atoms with van der Waals surface area (Å²) in [7, 11) is -4.06. The number of aryl methyl sites for hydroxylation is 1. The summed E-state index contributed by atoms with van der Waals surface area (Å²) < 4.78 is 35.8. The van der Waals surface area contributed by atoms with E-state index in [2.05, 4.69) is 6.92 Å². The van der Waals surface area contributed by atoms with Crippen molar-refractivity contribution in [1.29, 1.82) is 0 Å². The molecule has 0 saturated carbocycles. The molecule has 0 radical (unpaired) electrons. The number of esters is 1. The van der Waals surface area contributed by atoms with E-state index in [-0.39, 0.29) is 36.0 Å². The van der Waals surface area contributed by atoms with Crippen molar-refractivity contribution >= 4 is 21.9 Å². The number of hydrogen-bond acceptors (Lipinski definition) is 6. The van der Waals surface area contributed by atoms with Gasteiger partial charge in [0.1, 0.15) is 5.78 Å². The molecule has 0 bridgehead atoms. The Kier molecular flexibility index (Phi) is 15.1. The Bertz CT molecular complexity index is 703. The zero-order chi connectivity index (χ0) is 22.1. The van der Waals surface area contributed by atoms with Gasteiger partial charge in [-0.25, -0.2) is 0 Å². The fourth-order valence-electron chi connectivity index (χ4n) is 2.46. The largest absolute Gasteiger partial charge is 0.466 e. The van der Waals surface area contributed by atoms with Crippen LogP contribution in [0.1, 0.15) is 70.8 Å². The smallest absolute Gasteiger partial charge is 0.306 e. The van der Waals surface area contributed by atoms with E-state index < -0.39 is 10.1 Å². The first-order valence-electron chi connectivity index (χ1n) is 10.2. The quantitative estimate of drug-likeness (QED) is 0.278. The van der Waals surface area contributed by atoms with Crippen molar-refractivity contribution < 1.29 is 27.3 Å². The van der Waals surface area contributed by atoms with E-state index in [9.17, 15) is 18.0 Å². The van der Waals surface area contributed by atoms with Crippen LogP contribution in [0.4, 0.5) is 0 Å². The molecule has 0 saturated heterocycles. The van der Waals surface area contributed by atoms with E-state index in [0.717, 1.165) is 25.7 Å². The molecule has 3 N–H and O–H groups in total. The monoisotopic (exact) mass is 429 g/mol. The SMILES string of the molecule is CCCCCCOC(=O)CCC(=O)CN.CCCCc1ccccc1S(=O)(=O)O. The lowest BCUT2D eigenvalue weighted by molar-refractivity contribution is -0.144. The molecule has 1 aromatic rings. The number of Topliss-reactive ketones (excluding diaryl/α,β-unsaturated/α-hetero) is 1. The van der Waals surface area contributed by atoms with E-state index in [4.69, 9.17) is 15.0 Å². The first-order valence-corrected chi connectivity index (χ1v) is 11.6. The summed E-state index contributed by atoms with van der Waals surface area (Å²) >= 11 is 0. The van der Waals surface area contributed by atoms with E-state index >= 15 is 0 Å². The minimum atomic E-state index is -4.06. The molecule has 8 heteroatoms. The van der Waals surface area contributed by atoms with Crippen LogP contribution in [-0.2, 0) is 30.9 Å². The molecule has 0 atom stereocenters. The van der Waals surface area contributed by atoms with Gasteiger partial charge in [0.15, 0.2) is 0 Å². The molecular formula is C21H35NO6S. The van der Waals surface area contributed by atoms with Gasteiger partial charge in [0.2, 0.25) is 0 Å². The van der Waals surface area contributed by atoms with Crippen molar-refractivity contribution in [3.8, 4) is 0 Å². The van der Waals surface area contributed by atoms with Gasteiger partial charge in [-0.05, 0) is 30.9 Å². The maximum Gasteiger partial charge on any atom is 0.306 e. The molecule has 7 nitrogen and oxygen atoms in total. The van der Waals surface area contributed by atoms with Crippen LogP contribution in [0, 0.1) is 0 Å². The highest BCUT2D eigenvalue weighted by molar-refractivity contribution is 7.85. The Morgan fingerprint density at radius 2 is 1.66 bits per heavy atom. The molecular weight excluding hydrogens is 394 g/mol. The van der Waals surface area contributed by atoms with Crippen molar-refractivity contribution in [2.45, 2.75) is 76.5 Å². The van der Waals surface area contributed by atoms with Gasteiger partial charge in [0.05, 0.1) is 24.5 Å². The van der Waals surface area contributed by atoms with E-state index in [1.165, 1.54) is 18.9 Å². The lowest BCUT2D eigenvalue weighted by Gasteiger charge is -2.05. The minimum absolute atomic E-state index is 0.00375. The van der Waals surface area contributed by atoms with Crippen molar-refractivity contribution in [2.24, 2.45) is 5.73 Å². The molecule has 1 aromatic carbocycles. The number of ether oxygens (including phenoxy) is 1. The highest BCUT2D eigenvalue weighted by Crippen LogP contribution is 2.17. The first kappa shape index (κ1) is 27.2. The van der Waals surface area contributed by atoms with Crippen LogP contribution in [-0.4, -0.2) is 37.9 Å². The Balaban J connectivity index is 0.000000541. The van der Waals surface area contributed by atoms with Crippen molar-refractivity contribution in [1.82, 2.24) is 0 Å². The van der Waals surface area contributed by atoms with Crippen molar-refractivity contribution in [3.63, 3.8) is 0 Å². The second-order valence-electron chi connectivity index (χ2n) is 6.71. The summed E-state index contributed by atoms with van der Waals surface area (Å²) in [5.41, 5.74) is 5.80. The summed E-state index contributed by atoms with van der Waals surface area (Å²) in [5, 5.41) is 0. The Morgan fingerprint density at radius 1 is 1.00 bits per heavy atom. The number of nitrogens with two attached hydrogens (primary N) is 1. The molecule has 0 heterocycles. The van der Waals surface area contributed by atoms with Crippen LogP contribution in [0.3, 0.4) is 0 Å². The van der Waals surface area contributed by atoms with Gasteiger partial charge in [-0.1, -0.05) is 57.7 Å². The average Bonchev–Trinajstić information content (AvgIpc) is 2.70. The molecule has 0 unspecified atom stereocenters. The van der Waals surface area contributed by atoms with Crippen LogP contribution in [0.5, 0.6) is 0 Å². The second kappa shape index (κ2) is 16.1. The van der Waals surface area contributed by atoms with Gasteiger partial charge in [0.25, 0.3) is 10.1 Å². The third kappa shape index (κ3) is 13.9. The van der Waals surface area contributed by atoms with Crippen molar-refractivity contribution in [3.05, 3.63) is 29.8 Å². The fourth-order valence-corrected chi connectivity index (χ4v) is 3.21. The summed E-state index contributed by atoms with van der Waals surface area (Å²) in [6.07, 6.45) is 7.30. The molecule has 0 aliphatic heterocycles. The molecule has 166 valence electrons. The average molecular weight is 430 g/mol. The number of rotatable bonds is 13. The lowest BCUT2D eigenvalue weighted by atomic mass is 10.1. The maximum absolute atomic E-state index is 11.1. The van der Waals surface area contributed by atoms with Gasteiger partial charge in [-0.2, -0.15) is 8.42 Å². The molecule has 0 aromatic heterocycles. The summed E-state index contributed by atoms with van der Waals surface area (Å²) in [6.45, 7) is 4.64. The molecule has 29 heavy (non-hydrogen) atoms.